The van der Waals surface area contributed by atoms with Crippen LogP contribution in [0.3, 0.4) is 0 Å². The minimum Gasteiger partial charge on any atom is -0.444 e. The molecule has 1 aliphatic rings. The molecule has 0 spiro atoms. The summed E-state index contributed by atoms with van der Waals surface area (Å²) in [4.78, 5) is 36.5. The molecule has 4 rings (SSSR count). The Kier molecular flexibility index (Phi) is 7.35. The molecule has 1 aliphatic heterocycles. The summed E-state index contributed by atoms with van der Waals surface area (Å²) in [5.41, 5.74) is 3.66. The number of carbonyl (C=O) groups is 1. The number of aryl methyl sites for hydroxylation is 1. The van der Waals surface area contributed by atoms with Crippen molar-refractivity contribution in [2.75, 3.05) is 18.0 Å². The summed E-state index contributed by atoms with van der Waals surface area (Å²) in [6.45, 7) is 16.1. The Labute approximate surface area is 217 Å². The first kappa shape index (κ1) is 26.0. The van der Waals surface area contributed by atoms with Crippen LogP contribution in [0.5, 0.6) is 0 Å². The fourth-order valence-electron chi connectivity index (χ4n) is 4.45. The molecule has 1 fully saturated rings. The number of anilines is 1. The number of alkyl carbamates (subject to hydrolysis) is 1. The van der Waals surface area contributed by atoms with E-state index < -0.39 is 11.7 Å². The molecule has 8 heteroatoms. The van der Waals surface area contributed by atoms with Gasteiger partial charge >= 0.3 is 6.09 Å². The third-order valence-electron chi connectivity index (χ3n) is 6.38. The van der Waals surface area contributed by atoms with E-state index in [0.717, 1.165) is 16.7 Å². The summed E-state index contributed by atoms with van der Waals surface area (Å²) >= 11 is 0. The van der Waals surface area contributed by atoms with Crippen molar-refractivity contribution in [3.05, 3.63) is 75.9 Å². The molecular formula is C29H33N5O3. The lowest BCUT2D eigenvalue weighted by Gasteiger charge is -2.34. The molecule has 8 nitrogen and oxygen atoms in total. The molecular weight excluding hydrogens is 466 g/mol. The molecule has 37 heavy (non-hydrogen) atoms. The molecule has 2 heterocycles. The van der Waals surface area contributed by atoms with Gasteiger partial charge in [0.25, 0.3) is 5.56 Å². The van der Waals surface area contributed by atoms with Crippen LogP contribution in [-0.4, -0.2) is 40.4 Å². The number of hydrogen-bond acceptors (Lipinski definition) is 5. The molecule has 1 N–H and O–H groups in total. The van der Waals surface area contributed by atoms with Crippen LogP contribution in [0.25, 0.3) is 27.2 Å². The zero-order valence-electron chi connectivity index (χ0n) is 22.0. The summed E-state index contributed by atoms with van der Waals surface area (Å²) in [6, 6.07) is 15.0. The number of hydrogen-bond donors (Lipinski definition) is 1. The Morgan fingerprint density at radius 3 is 2.22 bits per heavy atom. The summed E-state index contributed by atoms with van der Waals surface area (Å²) in [5, 5.41) is 2.96. The molecule has 2 aromatic carbocycles. The van der Waals surface area contributed by atoms with Crippen molar-refractivity contribution in [2.45, 2.75) is 52.2 Å². The summed E-state index contributed by atoms with van der Waals surface area (Å²) < 4.78 is 7.00. The standard InChI is InChI=1S/C29H33N5O3/c1-19-7-9-20(10-8-19)24-25(21-11-13-22(30-5)14-12-21)32-27(33(6)26(24)35)34-17-15-23(16-18-34)31-28(36)37-29(2,3)4/h7-14,23H,15-18H2,1-4,6H3,(H,31,36). The van der Waals surface area contributed by atoms with Gasteiger partial charge in [-0.15, -0.1) is 0 Å². The topological polar surface area (TPSA) is 80.8 Å². The predicted molar refractivity (Wildman–Crippen MR) is 146 cm³/mol. The molecule has 1 amide bonds. The van der Waals surface area contributed by atoms with Gasteiger partial charge in [0.05, 0.1) is 17.8 Å². The molecule has 3 aromatic rings. The van der Waals surface area contributed by atoms with Crippen molar-refractivity contribution in [3.63, 3.8) is 0 Å². The minimum absolute atomic E-state index is 0.00408. The number of rotatable bonds is 4. The van der Waals surface area contributed by atoms with Crippen molar-refractivity contribution in [1.82, 2.24) is 14.9 Å². The minimum atomic E-state index is -0.546. The Balaban J connectivity index is 1.67. The lowest BCUT2D eigenvalue weighted by molar-refractivity contribution is 0.0497. The van der Waals surface area contributed by atoms with Crippen LogP contribution in [0.2, 0.25) is 0 Å². The average molecular weight is 500 g/mol. The Morgan fingerprint density at radius 2 is 1.65 bits per heavy atom. The fourth-order valence-corrected chi connectivity index (χ4v) is 4.45. The zero-order chi connectivity index (χ0) is 26.7. The van der Waals surface area contributed by atoms with Crippen molar-refractivity contribution in [3.8, 4) is 22.4 Å². The third kappa shape index (κ3) is 6.00. The van der Waals surface area contributed by atoms with Crippen molar-refractivity contribution < 1.29 is 9.53 Å². The highest BCUT2D eigenvalue weighted by Crippen LogP contribution is 2.31. The molecule has 1 saturated heterocycles. The number of nitrogens with one attached hydrogen (secondary N) is 1. The maximum Gasteiger partial charge on any atom is 0.407 e. The molecule has 0 saturated carbocycles. The van der Waals surface area contributed by atoms with Gasteiger partial charge in [-0.05, 0) is 51.7 Å². The molecule has 0 aliphatic carbocycles. The summed E-state index contributed by atoms with van der Waals surface area (Å²) in [7, 11) is 1.75. The molecule has 1 aromatic heterocycles. The van der Waals surface area contributed by atoms with E-state index >= 15 is 0 Å². The van der Waals surface area contributed by atoms with Crippen LogP contribution in [0.15, 0.2) is 53.3 Å². The van der Waals surface area contributed by atoms with E-state index in [1.54, 1.807) is 23.7 Å². The van der Waals surface area contributed by atoms with Gasteiger partial charge in [-0.1, -0.05) is 54.1 Å². The van der Waals surface area contributed by atoms with Crippen LogP contribution in [0.4, 0.5) is 16.4 Å². The largest absolute Gasteiger partial charge is 0.444 e. The number of ether oxygens (including phenoxy) is 1. The fraction of sp³-hybridized carbons (Fsp3) is 0.379. The maximum atomic E-state index is 13.8. The first-order valence-corrected chi connectivity index (χ1v) is 12.5. The highest BCUT2D eigenvalue weighted by atomic mass is 16.6. The van der Waals surface area contributed by atoms with Crippen molar-refractivity contribution in [2.24, 2.45) is 7.05 Å². The van der Waals surface area contributed by atoms with Crippen LogP contribution < -0.4 is 15.8 Å². The van der Waals surface area contributed by atoms with E-state index in [0.29, 0.717) is 48.8 Å². The van der Waals surface area contributed by atoms with Gasteiger partial charge in [0.15, 0.2) is 5.69 Å². The Hall–Kier alpha value is -4.12. The number of benzene rings is 2. The van der Waals surface area contributed by atoms with E-state index in [1.807, 2.05) is 64.1 Å². The molecule has 0 bridgehead atoms. The normalized spacial score (nSPS) is 14.2. The average Bonchev–Trinajstić information content (AvgIpc) is 2.86. The van der Waals surface area contributed by atoms with Gasteiger partial charge in [-0.3, -0.25) is 9.36 Å². The third-order valence-corrected chi connectivity index (χ3v) is 6.38. The maximum absolute atomic E-state index is 13.8. The SMILES string of the molecule is [C-]#[N+]c1ccc(-c2nc(N3CCC(NC(=O)OC(C)(C)C)CC3)n(C)c(=O)c2-c2ccc(C)cc2)cc1. The Morgan fingerprint density at radius 1 is 1.05 bits per heavy atom. The lowest BCUT2D eigenvalue weighted by Crippen LogP contribution is -2.47. The smallest absolute Gasteiger partial charge is 0.407 e. The van der Waals surface area contributed by atoms with E-state index in [-0.39, 0.29) is 11.6 Å². The van der Waals surface area contributed by atoms with Gasteiger partial charge < -0.3 is 15.0 Å². The molecule has 0 radical (unpaired) electrons. The zero-order valence-corrected chi connectivity index (χ0v) is 22.0. The second-order valence-electron chi connectivity index (χ2n) is 10.4. The van der Waals surface area contributed by atoms with E-state index in [2.05, 4.69) is 15.1 Å². The first-order valence-electron chi connectivity index (χ1n) is 12.5. The van der Waals surface area contributed by atoms with Crippen molar-refractivity contribution in [1.29, 1.82) is 0 Å². The second-order valence-corrected chi connectivity index (χ2v) is 10.4. The number of amides is 1. The van der Waals surface area contributed by atoms with Crippen LogP contribution in [0, 0.1) is 13.5 Å². The van der Waals surface area contributed by atoms with Crippen LogP contribution >= 0.6 is 0 Å². The quantitative estimate of drug-likeness (QED) is 0.482. The summed E-state index contributed by atoms with van der Waals surface area (Å²) in [6.07, 6.45) is 1.01. The number of nitrogens with zero attached hydrogens (tertiary/aromatic N) is 4. The van der Waals surface area contributed by atoms with Crippen LogP contribution in [0.1, 0.15) is 39.2 Å². The van der Waals surface area contributed by atoms with E-state index in [1.165, 1.54) is 0 Å². The van der Waals surface area contributed by atoms with Crippen LogP contribution in [-0.2, 0) is 11.8 Å². The second kappa shape index (κ2) is 10.5. The van der Waals surface area contributed by atoms with Gasteiger partial charge in [-0.2, -0.15) is 0 Å². The van der Waals surface area contributed by atoms with E-state index in [9.17, 15) is 9.59 Å². The van der Waals surface area contributed by atoms with Gasteiger partial charge in [0, 0.05) is 26.2 Å². The van der Waals surface area contributed by atoms with Crippen molar-refractivity contribution >= 4 is 17.7 Å². The first-order chi connectivity index (χ1) is 17.6. The highest BCUT2D eigenvalue weighted by molar-refractivity contribution is 5.81. The van der Waals surface area contributed by atoms with Gasteiger partial charge in [0.2, 0.25) is 5.95 Å². The molecule has 192 valence electrons. The predicted octanol–water partition coefficient (Wildman–Crippen LogP) is 5.47. The van der Waals surface area contributed by atoms with E-state index in [4.69, 9.17) is 16.3 Å². The summed E-state index contributed by atoms with van der Waals surface area (Å²) in [5.74, 6) is 0.584. The van der Waals surface area contributed by atoms with Gasteiger partial charge in [0.1, 0.15) is 5.60 Å². The lowest BCUT2D eigenvalue weighted by atomic mass is 9.99. The highest BCUT2D eigenvalue weighted by Gasteiger charge is 2.27. The number of piperidine rings is 1. The Bertz CT molecular complexity index is 1370. The van der Waals surface area contributed by atoms with Gasteiger partial charge in [-0.25, -0.2) is 14.6 Å². The number of aromatic nitrogens is 2. The monoisotopic (exact) mass is 499 g/mol. The molecule has 0 unspecified atom stereocenters. The number of carbonyl (C=O) groups excluding carboxylic acids is 1. The molecule has 0 atom stereocenters.